The minimum absolute atomic E-state index is 0.162. The molecule has 0 rings (SSSR count). The van der Waals surface area contributed by atoms with Gasteiger partial charge in [-0.15, -0.1) is 0 Å². The molecular formula is C26H50O2. The molecule has 1 unspecified atom stereocenters. The predicted octanol–water partition coefficient (Wildman–Crippen LogP) is 8.78. The van der Waals surface area contributed by atoms with Crippen LogP contribution in [0, 0.1) is 5.92 Å². The van der Waals surface area contributed by atoms with Crippen LogP contribution in [0.2, 0.25) is 0 Å². The molecule has 2 heteroatoms. The summed E-state index contributed by atoms with van der Waals surface area (Å²) in [6, 6.07) is 0. The Morgan fingerprint density at radius 2 is 1.21 bits per heavy atom. The molecule has 0 spiro atoms. The van der Waals surface area contributed by atoms with Gasteiger partial charge in [-0.3, -0.25) is 0 Å². The molecule has 1 atom stereocenters. The molecule has 0 fully saturated rings. The number of unbranched alkanes of at least 4 members (excludes halogenated alkanes) is 14. The Hall–Kier alpha value is -0.790. The van der Waals surface area contributed by atoms with E-state index >= 15 is 0 Å². The molecule has 0 saturated carbocycles. The number of hydrogen-bond acceptors (Lipinski definition) is 2. The Morgan fingerprint density at radius 3 is 1.71 bits per heavy atom. The van der Waals surface area contributed by atoms with Crippen molar-refractivity contribution in [3.05, 3.63) is 12.2 Å². The highest BCUT2D eigenvalue weighted by molar-refractivity contribution is 5.81. The van der Waals surface area contributed by atoms with Gasteiger partial charge in [-0.2, -0.15) is 0 Å². The molecule has 0 aliphatic rings. The molecule has 0 aliphatic carbocycles. The lowest BCUT2D eigenvalue weighted by atomic mass is 10.0. The third-order valence-corrected chi connectivity index (χ3v) is 5.73. The molecule has 2 nitrogen and oxygen atoms in total. The minimum atomic E-state index is -0.162. The summed E-state index contributed by atoms with van der Waals surface area (Å²) in [5.41, 5.74) is 0. The third-order valence-electron chi connectivity index (χ3n) is 5.73. The smallest absolute Gasteiger partial charge is 0.330 e. The number of carbonyl (C=O) groups is 1. The summed E-state index contributed by atoms with van der Waals surface area (Å²) < 4.78 is 5.39. The summed E-state index contributed by atoms with van der Waals surface area (Å²) in [6.07, 6.45) is 27.2. The van der Waals surface area contributed by atoms with Crippen LogP contribution in [0.3, 0.4) is 0 Å². The lowest BCUT2D eigenvalue weighted by Crippen LogP contribution is -2.12. The summed E-state index contributed by atoms with van der Waals surface area (Å²) in [5, 5.41) is 0. The maximum atomic E-state index is 11.8. The molecule has 0 radical (unpaired) electrons. The average Bonchev–Trinajstić information content (AvgIpc) is 2.71. The highest BCUT2D eigenvalue weighted by atomic mass is 16.5. The summed E-state index contributed by atoms with van der Waals surface area (Å²) in [4.78, 5) is 11.8. The zero-order chi connectivity index (χ0) is 20.7. The van der Waals surface area contributed by atoms with Gasteiger partial charge < -0.3 is 4.74 Å². The Balaban J connectivity index is 3.37. The summed E-state index contributed by atoms with van der Waals surface area (Å²) in [6.45, 7) is 7.25. The van der Waals surface area contributed by atoms with Crippen molar-refractivity contribution in [3.8, 4) is 0 Å². The van der Waals surface area contributed by atoms with Gasteiger partial charge in [0.2, 0.25) is 0 Å². The molecule has 0 heterocycles. The van der Waals surface area contributed by atoms with E-state index < -0.39 is 0 Å². The quantitative estimate of drug-likeness (QED) is 0.110. The van der Waals surface area contributed by atoms with Crippen molar-refractivity contribution in [2.24, 2.45) is 5.92 Å². The Labute approximate surface area is 176 Å². The molecule has 0 aromatic rings. The number of ether oxygens (including phenoxy) is 1. The van der Waals surface area contributed by atoms with Crippen molar-refractivity contribution in [2.45, 2.75) is 136 Å². The van der Waals surface area contributed by atoms with Crippen molar-refractivity contribution in [2.75, 3.05) is 6.61 Å². The molecular weight excluding hydrogens is 344 g/mol. The fourth-order valence-electron chi connectivity index (χ4n) is 3.61. The van der Waals surface area contributed by atoms with Crippen LogP contribution in [0.15, 0.2) is 12.2 Å². The first-order valence-electron chi connectivity index (χ1n) is 12.6. The van der Waals surface area contributed by atoms with Crippen molar-refractivity contribution < 1.29 is 9.53 Å². The van der Waals surface area contributed by atoms with Crippen molar-refractivity contribution in [1.82, 2.24) is 0 Å². The van der Waals surface area contributed by atoms with Gasteiger partial charge in [0.05, 0.1) is 6.61 Å². The highest BCUT2D eigenvalue weighted by Gasteiger charge is 2.08. The fraction of sp³-hybridized carbons (Fsp3) is 0.885. The first-order chi connectivity index (χ1) is 13.7. The van der Waals surface area contributed by atoms with E-state index in [1.165, 1.54) is 103 Å². The van der Waals surface area contributed by atoms with Gasteiger partial charge in [0.25, 0.3) is 0 Å². The number of carbonyl (C=O) groups excluding carboxylic acids is 1. The largest absolute Gasteiger partial charge is 0.462 e. The zero-order valence-electron chi connectivity index (χ0n) is 19.5. The van der Waals surface area contributed by atoms with Crippen LogP contribution in [-0.4, -0.2) is 12.6 Å². The van der Waals surface area contributed by atoms with Crippen molar-refractivity contribution in [3.63, 3.8) is 0 Å². The first kappa shape index (κ1) is 27.2. The highest BCUT2D eigenvalue weighted by Crippen LogP contribution is 2.14. The summed E-state index contributed by atoms with van der Waals surface area (Å²) >= 11 is 0. The standard InChI is InChI=1S/C26H50O2/c1-4-7-9-10-11-12-13-14-15-16-17-18-19-20-21-23-26(27)28-24-25(6-3)22-8-5-2/h21,23,25H,4-20,22,24H2,1-3H3. The Bertz CT molecular complexity index is 348. The SMILES string of the molecule is CCCCCCCCCCCCCCCC=CC(=O)OCC(CC)CCCC. The summed E-state index contributed by atoms with van der Waals surface area (Å²) in [5.74, 6) is 0.364. The molecule has 0 aromatic carbocycles. The number of esters is 1. The van der Waals surface area contributed by atoms with E-state index in [9.17, 15) is 4.79 Å². The maximum absolute atomic E-state index is 11.8. The van der Waals surface area contributed by atoms with Crippen LogP contribution >= 0.6 is 0 Å². The average molecular weight is 395 g/mol. The Morgan fingerprint density at radius 1 is 0.714 bits per heavy atom. The fourth-order valence-corrected chi connectivity index (χ4v) is 3.61. The Kier molecular flexibility index (Phi) is 21.9. The second-order valence-electron chi connectivity index (χ2n) is 8.48. The van der Waals surface area contributed by atoms with E-state index in [0.29, 0.717) is 12.5 Å². The van der Waals surface area contributed by atoms with E-state index in [4.69, 9.17) is 4.74 Å². The van der Waals surface area contributed by atoms with E-state index in [2.05, 4.69) is 20.8 Å². The van der Waals surface area contributed by atoms with Crippen LogP contribution in [0.5, 0.6) is 0 Å². The lowest BCUT2D eigenvalue weighted by Gasteiger charge is -2.13. The molecule has 0 bridgehead atoms. The number of hydrogen-bond donors (Lipinski definition) is 0. The monoisotopic (exact) mass is 394 g/mol. The van der Waals surface area contributed by atoms with E-state index in [0.717, 1.165) is 12.8 Å². The third kappa shape index (κ3) is 20.0. The predicted molar refractivity (Wildman–Crippen MR) is 124 cm³/mol. The van der Waals surface area contributed by atoms with Crippen molar-refractivity contribution >= 4 is 5.97 Å². The van der Waals surface area contributed by atoms with Crippen LogP contribution in [0.25, 0.3) is 0 Å². The molecule has 0 N–H and O–H groups in total. The van der Waals surface area contributed by atoms with Gasteiger partial charge in [-0.05, 0) is 25.2 Å². The van der Waals surface area contributed by atoms with Crippen LogP contribution in [0.1, 0.15) is 136 Å². The van der Waals surface area contributed by atoms with Crippen LogP contribution in [0.4, 0.5) is 0 Å². The first-order valence-corrected chi connectivity index (χ1v) is 12.6. The van der Waals surface area contributed by atoms with E-state index in [1.807, 2.05) is 6.08 Å². The van der Waals surface area contributed by atoms with Gasteiger partial charge in [0, 0.05) is 6.08 Å². The lowest BCUT2D eigenvalue weighted by molar-refractivity contribution is -0.139. The molecule has 0 amide bonds. The number of rotatable bonds is 21. The molecule has 28 heavy (non-hydrogen) atoms. The van der Waals surface area contributed by atoms with Gasteiger partial charge in [0.15, 0.2) is 0 Å². The summed E-state index contributed by atoms with van der Waals surface area (Å²) in [7, 11) is 0. The normalized spacial score (nSPS) is 12.5. The van der Waals surface area contributed by atoms with Gasteiger partial charge in [0.1, 0.15) is 0 Å². The molecule has 0 aliphatic heterocycles. The zero-order valence-corrected chi connectivity index (χ0v) is 19.5. The second-order valence-corrected chi connectivity index (χ2v) is 8.48. The van der Waals surface area contributed by atoms with E-state index in [1.54, 1.807) is 6.08 Å². The maximum Gasteiger partial charge on any atom is 0.330 e. The van der Waals surface area contributed by atoms with Gasteiger partial charge in [-0.25, -0.2) is 4.79 Å². The molecule has 166 valence electrons. The van der Waals surface area contributed by atoms with E-state index in [-0.39, 0.29) is 5.97 Å². The van der Waals surface area contributed by atoms with Gasteiger partial charge in [-0.1, -0.05) is 123 Å². The van der Waals surface area contributed by atoms with Crippen LogP contribution in [-0.2, 0) is 9.53 Å². The molecule has 0 aromatic heterocycles. The second kappa shape index (κ2) is 22.5. The van der Waals surface area contributed by atoms with Gasteiger partial charge >= 0.3 is 5.97 Å². The minimum Gasteiger partial charge on any atom is -0.462 e. The topological polar surface area (TPSA) is 26.3 Å². The molecule has 0 saturated heterocycles. The van der Waals surface area contributed by atoms with Crippen molar-refractivity contribution in [1.29, 1.82) is 0 Å². The number of allylic oxidation sites excluding steroid dienone is 1. The van der Waals surface area contributed by atoms with Crippen LogP contribution < -0.4 is 0 Å².